The molecule has 2 aromatic rings. The number of rotatable bonds is 2. The first-order valence-corrected chi connectivity index (χ1v) is 6.75. The lowest BCUT2D eigenvalue weighted by atomic mass is 10.2. The van der Waals surface area contributed by atoms with E-state index in [-0.39, 0.29) is 5.75 Å². The van der Waals surface area contributed by atoms with Crippen molar-refractivity contribution in [2.75, 3.05) is 5.32 Å². The molecule has 0 saturated heterocycles. The Morgan fingerprint density at radius 3 is 2.19 bits per heavy atom. The van der Waals surface area contributed by atoms with E-state index in [9.17, 15) is 5.11 Å². The zero-order valence-corrected chi connectivity index (χ0v) is 13.0. The van der Waals surface area contributed by atoms with Crippen molar-refractivity contribution in [2.45, 2.75) is 13.8 Å². The second kappa shape index (κ2) is 7.76. The van der Waals surface area contributed by atoms with Gasteiger partial charge in [0.05, 0.1) is 15.7 Å². The highest BCUT2D eigenvalue weighted by Crippen LogP contribution is 2.34. The van der Waals surface area contributed by atoms with Gasteiger partial charge >= 0.3 is 0 Å². The number of nitrogens with one attached hydrogen (secondary N) is 1. The minimum atomic E-state index is -1.08. The van der Waals surface area contributed by atoms with Crippen molar-refractivity contribution in [1.82, 2.24) is 0 Å². The maximum Gasteiger partial charge on any atom is 0.115 e. The highest BCUT2D eigenvalue weighted by molar-refractivity contribution is 6.39. The first kappa shape index (κ1) is 17.1. The van der Waals surface area contributed by atoms with Crippen molar-refractivity contribution in [1.29, 1.82) is 0 Å². The molecule has 0 atom stereocenters. The smallest absolute Gasteiger partial charge is 0.115 e. The van der Waals surface area contributed by atoms with Crippen LogP contribution in [0.4, 0.5) is 11.4 Å². The van der Waals surface area contributed by atoms with Crippen molar-refractivity contribution in [3.63, 3.8) is 0 Å². The lowest BCUT2D eigenvalue weighted by Crippen LogP contribution is -2.16. The van der Waals surface area contributed by atoms with Gasteiger partial charge in [0, 0.05) is 11.7 Å². The van der Waals surface area contributed by atoms with Crippen LogP contribution < -0.4 is 10.4 Å². The van der Waals surface area contributed by atoms with Crippen LogP contribution in [0, 0.1) is 6.92 Å². The van der Waals surface area contributed by atoms with Gasteiger partial charge in [0.1, 0.15) is 5.75 Å². The normalized spacial score (nSPS) is 9.52. The maximum absolute atomic E-state index is 9.33. The molecule has 0 fully saturated rings. The summed E-state index contributed by atoms with van der Waals surface area (Å²) in [6.45, 7) is 2.87. The minimum absolute atomic E-state index is 0.235. The number of carbonyl (C=O) groups is 1. The molecule has 0 amide bonds. The van der Waals surface area contributed by atoms with E-state index >= 15 is 0 Å². The van der Waals surface area contributed by atoms with Crippen LogP contribution in [0.15, 0.2) is 36.4 Å². The van der Waals surface area contributed by atoms with Gasteiger partial charge in [0.2, 0.25) is 0 Å². The highest BCUT2D eigenvalue weighted by Gasteiger charge is 2.07. The summed E-state index contributed by atoms with van der Waals surface area (Å²) in [5.74, 6) is -0.849. The molecular formula is C15H14Cl2NO3-. The molecule has 0 bridgehead atoms. The molecule has 0 saturated carbocycles. The molecule has 2 rings (SSSR count). The quantitative estimate of drug-likeness (QED) is 0.828. The Morgan fingerprint density at radius 1 is 1.19 bits per heavy atom. The predicted molar refractivity (Wildman–Crippen MR) is 83.3 cm³/mol. The second-order valence-corrected chi connectivity index (χ2v) is 5.03. The van der Waals surface area contributed by atoms with E-state index in [0.717, 1.165) is 18.2 Å². The standard InChI is InChI=1S/C13H11Cl2NO.C2H4O2/c1-8-7-9(17)5-6-12(8)16-13-10(14)3-2-4-11(13)15;1-2(3)4/h2-7,16-17H,1H3;1H3,(H,3,4)/p-1. The monoisotopic (exact) mass is 326 g/mol. The first-order valence-electron chi connectivity index (χ1n) is 5.99. The number of carboxylic acids is 1. The predicted octanol–water partition coefficient (Wildman–Crippen LogP) is 3.51. The number of carboxylic acid groups (broad SMARTS) is 1. The van der Waals surface area contributed by atoms with Crippen LogP contribution in [0.1, 0.15) is 12.5 Å². The lowest BCUT2D eigenvalue weighted by molar-refractivity contribution is -0.302. The molecule has 21 heavy (non-hydrogen) atoms. The van der Waals surface area contributed by atoms with Gasteiger partial charge < -0.3 is 20.3 Å². The second-order valence-electron chi connectivity index (χ2n) is 4.21. The fourth-order valence-electron chi connectivity index (χ4n) is 1.54. The summed E-state index contributed by atoms with van der Waals surface area (Å²) >= 11 is 12.1. The molecule has 2 aromatic carbocycles. The summed E-state index contributed by atoms with van der Waals surface area (Å²) in [5.41, 5.74) is 2.45. The fraction of sp³-hybridized carbons (Fsp3) is 0.133. The van der Waals surface area contributed by atoms with E-state index < -0.39 is 5.97 Å². The number of aliphatic carboxylic acids is 1. The van der Waals surface area contributed by atoms with E-state index in [4.69, 9.17) is 33.1 Å². The Labute approximate surface area is 132 Å². The van der Waals surface area contributed by atoms with Crippen LogP contribution in [0.2, 0.25) is 10.0 Å². The molecule has 0 aliphatic rings. The number of phenols is 1. The molecule has 112 valence electrons. The zero-order valence-electron chi connectivity index (χ0n) is 11.5. The molecular weight excluding hydrogens is 313 g/mol. The van der Waals surface area contributed by atoms with Gasteiger partial charge in [0.15, 0.2) is 0 Å². The summed E-state index contributed by atoms with van der Waals surface area (Å²) < 4.78 is 0. The lowest BCUT2D eigenvalue weighted by Gasteiger charge is -2.12. The van der Waals surface area contributed by atoms with Crippen LogP contribution in [0.5, 0.6) is 5.75 Å². The number of aromatic hydroxyl groups is 1. The van der Waals surface area contributed by atoms with Crippen LogP contribution >= 0.6 is 23.2 Å². The number of hydrogen-bond acceptors (Lipinski definition) is 4. The first-order chi connectivity index (χ1) is 9.81. The number of carbonyl (C=O) groups excluding carboxylic acids is 1. The van der Waals surface area contributed by atoms with E-state index in [1.807, 2.05) is 6.92 Å². The SMILES string of the molecule is CC(=O)[O-].Cc1cc(O)ccc1Nc1c(Cl)cccc1Cl. The average Bonchev–Trinajstić information content (AvgIpc) is 2.35. The third-order valence-electron chi connectivity index (χ3n) is 2.43. The number of anilines is 2. The van der Waals surface area contributed by atoms with Gasteiger partial charge in [0.25, 0.3) is 0 Å². The van der Waals surface area contributed by atoms with Crippen LogP contribution in [0.25, 0.3) is 0 Å². The summed E-state index contributed by atoms with van der Waals surface area (Å²) in [6, 6.07) is 10.4. The van der Waals surface area contributed by atoms with Gasteiger partial charge in [-0.25, -0.2) is 0 Å². The molecule has 0 radical (unpaired) electrons. The molecule has 2 N–H and O–H groups in total. The summed E-state index contributed by atoms with van der Waals surface area (Å²) in [7, 11) is 0. The van der Waals surface area contributed by atoms with Gasteiger partial charge in [-0.1, -0.05) is 29.3 Å². The van der Waals surface area contributed by atoms with Crippen molar-refractivity contribution in [3.8, 4) is 5.75 Å². The van der Waals surface area contributed by atoms with Crippen molar-refractivity contribution in [2.24, 2.45) is 0 Å². The maximum atomic E-state index is 9.33. The number of halogens is 2. The topological polar surface area (TPSA) is 72.4 Å². The average molecular weight is 327 g/mol. The molecule has 0 spiro atoms. The number of benzene rings is 2. The van der Waals surface area contributed by atoms with Crippen LogP contribution in [-0.4, -0.2) is 11.1 Å². The van der Waals surface area contributed by atoms with Gasteiger partial charge in [-0.15, -0.1) is 0 Å². The van der Waals surface area contributed by atoms with E-state index in [0.29, 0.717) is 15.7 Å². The summed E-state index contributed by atoms with van der Waals surface area (Å²) in [5, 5.41) is 22.5. The van der Waals surface area contributed by atoms with Gasteiger partial charge in [-0.05, 0) is 49.7 Å². The molecule has 0 heterocycles. The molecule has 0 aliphatic heterocycles. The summed E-state index contributed by atoms with van der Waals surface area (Å²) in [6.07, 6.45) is 0. The largest absolute Gasteiger partial charge is 0.550 e. The number of aryl methyl sites for hydroxylation is 1. The Kier molecular flexibility index (Phi) is 6.34. The zero-order chi connectivity index (χ0) is 16.0. The fourth-order valence-corrected chi connectivity index (χ4v) is 2.03. The van der Waals surface area contributed by atoms with Crippen molar-refractivity contribution < 1.29 is 15.0 Å². The van der Waals surface area contributed by atoms with Gasteiger partial charge in [-0.2, -0.15) is 0 Å². The van der Waals surface area contributed by atoms with Crippen LogP contribution in [-0.2, 0) is 4.79 Å². The van der Waals surface area contributed by atoms with Crippen molar-refractivity contribution >= 4 is 40.5 Å². The third-order valence-corrected chi connectivity index (χ3v) is 3.06. The minimum Gasteiger partial charge on any atom is -0.550 e. The third kappa shape index (κ3) is 5.53. The van der Waals surface area contributed by atoms with Crippen LogP contribution in [0.3, 0.4) is 0 Å². The van der Waals surface area contributed by atoms with Crippen molar-refractivity contribution in [3.05, 3.63) is 52.0 Å². The Balaban J connectivity index is 0.000000491. The molecule has 0 unspecified atom stereocenters. The molecule has 4 nitrogen and oxygen atoms in total. The highest BCUT2D eigenvalue weighted by atomic mass is 35.5. The Bertz CT molecular complexity index is 621. The summed E-state index contributed by atoms with van der Waals surface area (Å²) in [4.78, 5) is 8.89. The Morgan fingerprint density at radius 2 is 1.71 bits per heavy atom. The van der Waals surface area contributed by atoms with Gasteiger partial charge in [-0.3, -0.25) is 0 Å². The number of hydrogen-bond donors (Lipinski definition) is 2. The molecule has 0 aliphatic carbocycles. The van der Waals surface area contributed by atoms with E-state index in [1.54, 1.807) is 36.4 Å². The number of phenolic OH excluding ortho intramolecular Hbond substituents is 1. The van der Waals surface area contributed by atoms with E-state index in [1.165, 1.54) is 0 Å². The molecule has 6 heteroatoms. The number of para-hydroxylation sites is 1. The Hall–Kier alpha value is -1.91. The molecule has 0 aromatic heterocycles. The van der Waals surface area contributed by atoms with E-state index in [2.05, 4.69) is 5.32 Å².